The second-order valence-corrected chi connectivity index (χ2v) is 1.76. The van der Waals surface area contributed by atoms with E-state index in [4.69, 9.17) is 0 Å². The SMILES string of the molecule is CCN(CC)C(=O)C(=O)[O-]. The molecule has 0 saturated heterocycles. The maximum absolute atomic E-state index is 10.6. The lowest BCUT2D eigenvalue weighted by Gasteiger charge is -2.18. The largest absolute Gasteiger partial charge is 0.540 e. The monoisotopic (exact) mass is 144 g/mol. The number of hydrogen-bond donors (Lipinski definition) is 0. The van der Waals surface area contributed by atoms with Crippen molar-refractivity contribution >= 4 is 11.9 Å². The third-order valence-electron chi connectivity index (χ3n) is 1.23. The van der Waals surface area contributed by atoms with Crippen LogP contribution in [0.15, 0.2) is 0 Å². The van der Waals surface area contributed by atoms with Crippen LogP contribution in [0.4, 0.5) is 0 Å². The molecule has 0 rings (SSSR count). The molecule has 0 aromatic heterocycles. The Morgan fingerprint density at radius 2 is 1.70 bits per heavy atom. The molecule has 4 heteroatoms. The highest BCUT2D eigenvalue weighted by Gasteiger charge is 2.08. The molecule has 58 valence electrons. The van der Waals surface area contributed by atoms with Crippen molar-refractivity contribution in [1.82, 2.24) is 4.90 Å². The highest BCUT2D eigenvalue weighted by molar-refractivity contribution is 6.30. The minimum Gasteiger partial charge on any atom is -0.540 e. The Labute approximate surface area is 59.4 Å². The Bertz CT molecular complexity index is 140. The normalized spacial score (nSPS) is 9.00. The van der Waals surface area contributed by atoms with Gasteiger partial charge in [-0.05, 0) is 13.8 Å². The van der Waals surface area contributed by atoms with Crippen LogP contribution in [-0.4, -0.2) is 29.9 Å². The van der Waals surface area contributed by atoms with Crippen molar-refractivity contribution in [3.8, 4) is 0 Å². The minimum absolute atomic E-state index is 0.406. The van der Waals surface area contributed by atoms with Crippen molar-refractivity contribution in [2.24, 2.45) is 0 Å². The summed E-state index contributed by atoms with van der Waals surface area (Å²) in [5, 5.41) is 9.96. The summed E-state index contributed by atoms with van der Waals surface area (Å²) in [6.45, 7) is 4.24. The number of amides is 1. The van der Waals surface area contributed by atoms with E-state index in [-0.39, 0.29) is 0 Å². The lowest BCUT2D eigenvalue weighted by Crippen LogP contribution is -2.43. The van der Waals surface area contributed by atoms with Crippen LogP contribution in [-0.2, 0) is 9.59 Å². The molecule has 4 nitrogen and oxygen atoms in total. The number of carboxylic acids is 1. The van der Waals surface area contributed by atoms with Gasteiger partial charge in [0.15, 0.2) is 0 Å². The number of carboxylic acid groups (broad SMARTS) is 1. The predicted molar refractivity (Wildman–Crippen MR) is 32.9 cm³/mol. The summed E-state index contributed by atoms with van der Waals surface area (Å²) in [5.74, 6) is -2.58. The molecule has 0 N–H and O–H groups in total. The third kappa shape index (κ3) is 2.05. The van der Waals surface area contributed by atoms with Crippen LogP contribution >= 0.6 is 0 Å². The average Bonchev–Trinajstić information content (AvgIpc) is 1.90. The second-order valence-electron chi connectivity index (χ2n) is 1.76. The molecule has 0 radical (unpaired) electrons. The first-order chi connectivity index (χ1) is 4.63. The number of nitrogens with zero attached hydrogens (tertiary/aromatic N) is 1. The van der Waals surface area contributed by atoms with Gasteiger partial charge in [-0.2, -0.15) is 0 Å². The van der Waals surface area contributed by atoms with Crippen LogP contribution in [0.1, 0.15) is 13.8 Å². The van der Waals surface area contributed by atoms with Gasteiger partial charge in [-0.3, -0.25) is 4.79 Å². The number of likely N-dealkylation sites (N-methyl/N-ethyl adjacent to an activating group) is 1. The summed E-state index contributed by atoms with van der Waals surface area (Å²) < 4.78 is 0. The van der Waals surface area contributed by atoms with E-state index in [9.17, 15) is 14.7 Å². The van der Waals surface area contributed by atoms with Gasteiger partial charge in [0.2, 0.25) is 0 Å². The third-order valence-corrected chi connectivity index (χ3v) is 1.23. The molecule has 0 fully saturated rings. The smallest absolute Gasteiger partial charge is 0.269 e. The van der Waals surface area contributed by atoms with Crippen molar-refractivity contribution < 1.29 is 14.7 Å². The molecule has 0 aliphatic rings. The molecule has 0 unspecified atom stereocenters. The van der Waals surface area contributed by atoms with E-state index >= 15 is 0 Å². The molecule has 0 aromatic carbocycles. The van der Waals surface area contributed by atoms with Crippen LogP contribution in [0.25, 0.3) is 0 Å². The molecule has 0 aromatic rings. The zero-order valence-corrected chi connectivity index (χ0v) is 6.09. The van der Waals surface area contributed by atoms with Gasteiger partial charge in [0, 0.05) is 13.1 Å². The van der Waals surface area contributed by atoms with E-state index in [1.54, 1.807) is 13.8 Å². The Hall–Kier alpha value is -1.06. The number of rotatable bonds is 2. The molecule has 1 amide bonds. The van der Waals surface area contributed by atoms with E-state index in [0.717, 1.165) is 0 Å². The maximum atomic E-state index is 10.6. The molecular weight excluding hydrogens is 134 g/mol. The van der Waals surface area contributed by atoms with Crippen molar-refractivity contribution in [3.63, 3.8) is 0 Å². The first-order valence-corrected chi connectivity index (χ1v) is 3.13. The second kappa shape index (κ2) is 3.87. The molecular formula is C6H10NO3-. The first kappa shape index (κ1) is 8.94. The van der Waals surface area contributed by atoms with Crippen molar-refractivity contribution in [1.29, 1.82) is 0 Å². The molecule has 10 heavy (non-hydrogen) atoms. The van der Waals surface area contributed by atoms with Crippen LogP contribution in [0, 0.1) is 0 Å². The molecule has 0 heterocycles. The Balaban J connectivity index is 4.02. The maximum Gasteiger partial charge on any atom is 0.269 e. The molecule has 0 aliphatic heterocycles. The zero-order chi connectivity index (χ0) is 8.15. The summed E-state index contributed by atoms with van der Waals surface area (Å²) in [4.78, 5) is 21.7. The summed E-state index contributed by atoms with van der Waals surface area (Å²) in [6, 6.07) is 0. The van der Waals surface area contributed by atoms with Gasteiger partial charge in [-0.15, -0.1) is 0 Å². The highest BCUT2D eigenvalue weighted by atomic mass is 16.4. The van der Waals surface area contributed by atoms with Gasteiger partial charge in [0.25, 0.3) is 5.91 Å². The lowest BCUT2D eigenvalue weighted by molar-refractivity contribution is -0.301. The van der Waals surface area contributed by atoms with E-state index in [2.05, 4.69) is 0 Å². The summed E-state index contributed by atoms with van der Waals surface area (Å²) >= 11 is 0. The topological polar surface area (TPSA) is 60.4 Å². The molecule has 0 bridgehead atoms. The van der Waals surface area contributed by atoms with Crippen LogP contribution in [0.5, 0.6) is 0 Å². The fourth-order valence-electron chi connectivity index (χ4n) is 0.640. The van der Waals surface area contributed by atoms with Gasteiger partial charge < -0.3 is 14.8 Å². The van der Waals surface area contributed by atoms with E-state index < -0.39 is 11.9 Å². The quantitative estimate of drug-likeness (QED) is 0.448. The average molecular weight is 144 g/mol. The first-order valence-electron chi connectivity index (χ1n) is 3.13. The van der Waals surface area contributed by atoms with Crippen LogP contribution in [0.2, 0.25) is 0 Å². The van der Waals surface area contributed by atoms with Crippen LogP contribution < -0.4 is 5.11 Å². The molecule has 0 saturated carbocycles. The molecule has 0 atom stereocenters. The van der Waals surface area contributed by atoms with Gasteiger partial charge >= 0.3 is 0 Å². The highest BCUT2D eigenvalue weighted by Crippen LogP contribution is 1.86. The zero-order valence-electron chi connectivity index (χ0n) is 6.09. The summed E-state index contributed by atoms with van der Waals surface area (Å²) in [7, 11) is 0. The Morgan fingerprint density at radius 1 is 1.30 bits per heavy atom. The Kier molecular flexibility index (Phi) is 3.46. The number of hydrogen-bond acceptors (Lipinski definition) is 3. The Morgan fingerprint density at radius 3 is 1.80 bits per heavy atom. The lowest BCUT2D eigenvalue weighted by atomic mass is 10.4. The van der Waals surface area contributed by atoms with Gasteiger partial charge in [-0.25, -0.2) is 0 Å². The fraction of sp³-hybridized carbons (Fsp3) is 0.667. The van der Waals surface area contributed by atoms with Crippen molar-refractivity contribution in [3.05, 3.63) is 0 Å². The van der Waals surface area contributed by atoms with Crippen molar-refractivity contribution in [2.45, 2.75) is 13.8 Å². The fourth-order valence-corrected chi connectivity index (χ4v) is 0.640. The van der Waals surface area contributed by atoms with E-state index in [1.165, 1.54) is 4.90 Å². The van der Waals surface area contributed by atoms with Crippen LogP contribution in [0.3, 0.4) is 0 Å². The predicted octanol–water partition coefficient (Wildman–Crippen LogP) is -1.40. The van der Waals surface area contributed by atoms with E-state index in [1.807, 2.05) is 0 Å². The summed E-state index contributed by atoms with van der Waals surface area (Å²) in [6.07, 6.45) is 0. The van der Waals surface area contributed by atoms with Crippen molar-refractivity contribution in [2.75, 3.05) is 13.1 Å². The number of carbonyl (C=O) groups is 2. The number of carbonyl (C=O) groups excluding carboxylic acids is 2. The van der Waals surface area contributed by atoms with Gasteiger partial charge in [0.1, 0.15) is 5.97 Å². The molecule has 0 spiro atoms. The van der Waals surface area contributed by atoms with Gasteiger partial charge in [0.05, 0.1) is 0 Å². The van der Waals surface area contributed by atoms with Gasteiger partial charge in [-0.1, -0.05) is 0 Å². The number of aliphatic carboxylic acids is 1. The summed E-state index contributed by atoms with van der Waals surface area (Å²) in [5.41, 5.74) is 0. The molecule has 0 aliphatic carbocycles. The standard InChI is InChI=1S/C6H11NO3/c1-3-7(4-2)5(8)6(9)10/h3-4H2,1-2H3,(H,9,10)/p-1. The minimum atomic E-state index is -1.64. The van der Waals surface area contributed by atoms with E-state index in [0.29, 0.717) is 13.1 Å².